The highest BCUT2D eigenvalue weighted by Crippen LogP contribution is 2.19. The molecule has 7 heteroatoms. The maximum Gasteiger partial charge on any atom is 0.265 e. The van der Waals surface area contributed by atoms with Crippen LogP contribution in [0.25, 0.3) is 0 Å². The molecule has 0 saturated heterocycles. The normalized spacial score (nSPS) is 11.1. The van der Waals surface area contributed by atoms with Crippen molar-refractivity contribution in [3.05, 3.63) is 29.3 Å². The van der Waals surface area contributed by atoms with Gasteiger partial charge in [-0.1, -0.05) is 23.7 Å². The SMILES string of the molecule is O=C(CCl)NS(=O)(=O)c1ccccc1Cl. The van der Waals surface area contributed by atoms with Gasteiger partial charge in [0.25, 0.3) is 10.0 Å². The Labute approximate surface area is 97.2 Å². The summed E-state index contributed by atoms with van der Waals surface area (Å²) < 4.78 is 24.9. The fraction of sp³-hybridized carbons (Fsp3) is 0.125. The number of rotatable bonds is 3. The van der Waals surface area contributed by atoms with E-state index in [1.165, 1.54) is 18.2 Å². The van der Waals surface area contributed by atoms with Crippen LogP contribution in [0.15, 0.2) is 29.2 Å². The largest absolute Gasteiger partial charge is 0.273 e. The van der Waals surface area contributed by atoms with Crippen molar-refractivity contribution >= 4 is 39.1 Å². The van der Waals surface area contributed by atoms with Gasteiger partial charge in [0.1, 0.15) is 10.8 Å². The van der Waals surface area contributed by atoms with Crippen molar-refractivity contribution in [1.82, 2.24) is 4.72 Å². The number of hydrogen-bond donors (Lipinski definition) is 1. The second kappa shape index (κ2) is 4.83. The Morgan fingerprint density at radius 2 is 1.93 bits per heavy atom. The Bertz CT molecular complexity index is 473. The average Bonchev–Trinajstić information content (AvgIpc) is 2.17. The van der Waals surface area contributed by atoms with E-state index in [2.05, 4.69) is 0 Å². The molecule has 1 N–H and O–H groups in total. The van der Waals surface area contributed by atoms with E-state index < -0.39 is 21.8 Å². The van der Waals surface area contributed by atoms with Crippen molar-refractivity contribution in [2.45, 2.75) is 4.90 Å². The standard InChI is InChI=1S/C8H7Cl2NO3S/c9-5-8(12)11-15(13,14)7-4-2-1-3-6(7)10/h1-4H,5H2,(H,11,12). The van der Waals surface area contributed by atoms with Crippen LogP contribution in [0.5, 0.6) is 0 Å². The van der Waals surface area contributed by atoms with E-state index in [9.17, 15) is 13.2 Å². The molecule has 0 aromatic heterocycles. The molecule has 82 valence electrons. The summed E-state index contributed by atoms with van der Waals surface area (Å²) in [4.78, 5) is 10.7. The van der Waals surface area contributed by atoms with E-state index in [4.69, 9.17) is 23.2 Å². The molecular formula is C8H7Cl2NO3S. The topological polar surface area (TPSA) is 63.2 Å². The Morgan fingerprint density at radius 3 is 2.47 bits per heavy atom. The minimum absolute atomic E-state index is 0.0485. The fourth-order valence-corrected chi connectivity index (χ4v) is 2.55. The lowest BCUT2D eigenvalue weighted by Crippen LogP contribution is -2.31. The Kier molecular flexibility index (Phi) is 3.96. The highest BCUT2D eigenvalue weighted by Gasteiger charge is 2.19. The van der Waals surface area contributed by atoms with Gasteiger partial charge in [-0.3, -0.25) is 4.79 Å². The van der Waals surface area contributed by atoms with Gasteiger partial charge in [-0.15, -0.1) is 11.6 Å². The molecule has 1 aromatic carbocycles. The number of benzene rings is 1. The maximum atomic E-state index is 11.5. The first-order valence-corrected chi connectivity index (χ1v) is 6.23. The number of carbonyl (C=O) groups excluding carboxylic acids is 1. The van der Waals surface area contributed by atoms with Crippen LogP contribution < -0.4 is 4.72 Å². The van der Waals surface area contributed by atoms with E-state index in [0.717, 1.165) is 0 Å². The summed E-state index contributed by atoms with van der Waals surface area (Å²) in [6.07, 6.45) is 0. The van der Waals surface area contributed by atoms with Crippen LogP contribution in [0.2, 0.25) is 5.02 Å². The third kappa shape index (κ3) is 3.09. The van der Waals surface area contributed by atoms with Gasteiger partial charge in [0, 0.05) is 0 Å². The highest BCUT2D eigenvalue weighted by molar-refractivity contribution is 7.90. The van der Waals surface area contributed by atoms with E-state index in [1.54, 1.807) is 10.8 Å². The molecule has 0 saturated carbocycles. The zero-order valence-corrected chi connectivity index (χ0v) is 9.73. The van der Waals surface area contributed by atoms with Crippen molar-refractivity contribution < 1.29 is 13.2 Å². The molecule has 0 atom stereocenters. The minimum Gasteiger partial charge on any atom is -0.273 e. The number of amides is 1. The average molecular weight is 268 g/mol. The zero-order valence-electron chi connectivity index (χ0n) is 7.41. The molecule has 0 bridgehead atoms. The molecule has 0 unspecified atom stereocenters. The summed E-state index contributed by atoms with van der Waals surface area (Å²) in [5.74, 6) is -1.22. The van der Waals surface area contributed by atoms with Crippen LogP contribution in [0.1, 0.15) is 0 Å². The highest BCUT2D eigenvalue weighted by atomic mass is 35.5. The number of halogens is 2. The van der Waals surface area contributed by atoms with Crippen molar-refractivity contribution in [2.24, 2.45) is 0 Å². The number of alkyl halides is 1. The molecule has 1 amide bonds. The number of hydrogen-bond acceptors (Lipinski definition) is 3. The summed E-state index contributed by atoms with van der Waals surface area (Å²) in [6.45, 7) is 0. The minimum atomic E-state index is -3.92. The van der Waals surface area contributed by atoms with E-state index >= 15 is 0 Å². The lowest BCUT2D eigenvalue weighted by molar-refractivity contribution is -0.116. The molecule has 1 aromatic rings. The van der Waals surface area contributed by atoms with Gasteiger partial charge < -0.3 is 0 Å². The summed E-state index contributed by atoms with van der Waals surface area (Å²) in [5.41, 5.74) is 0. The Balaban J connectivity index is 3.07. The predicted molar refractivity (Wildman–Crippen MR) is 57.5 cm³/mol. The van der Waals surface area contributed by atoms with Crippen LogP contribution in [0.4, 0.5) is 0 Å². The first-order valence-electron chi connectivity index (χ1n) is 3.83. The fourth-order valence-electron chi connectivity index (χ4n) is 0.895. The Morgan fingerprint density at radius 1 is 1.33 bits per heavy atom. The predicted octanol–water partition coefficient (Wildman–Crippen LogP) is 1.38. The van der Waals surface area contributed by atoms with Gasteiger partial charge >= 0.3 is 0 Å². The lowest BCUT2D eigenvalue weighted by atomic mass is 10.4. The Hall–Kier alpha value is -0.780. The lowest BCUT2D eigenvalue weighted by Gasteiger charge is -2.06. The third-order valence-electron chi connectivity index (χ3n) is 1.50. The van der Waals surface area contributed by atoms with Gasteiger partial charge in [-0.25, -0.2) is 13.1 Å². The maximum absolute atomic E-state index is 11.5. The van der Waals surface area contributed by atoms with Crippen LogP contribution in [0, 0.1) is 0 Å². The monoisotopic (exact) mass is 267 g/mol. The summed E-state index contributed by atoms with van der Waals surface area (Å²) in [7, 11) is -3.92. The van der Waals surface area contributed by atoms with Gasteiger partial charge in [0.05, 0.1) is 5.02 Å². The van der Waals surface area contributed by atoms with Crippen LogP contribution >= 0.6 is 23.2 Å². The third-order valence-corrected chi connectivity index (χ3v) is 3.61. The van der Waals surface area contributed by atoms with Crippen molar-refractivity contribution in [3.8, 4) is 0 Å². The number of carbonyl (C=O) groups is 1. The van der Waals surface area contributed by atoms with Crippen molar-refractivity contribution in [3.63, 3.8) is 0 Å². The van der Waals surface area contributed by atoms with Gasteiger partial charge in [0.15, 0.2) is 0 Å². The van der Waals surface area contributed by atoms with E-state index in [0.29, 0.717) is 0 Å². The summed E-state index contributed by atoms with van der Waals surface area (Å²) in [6, 6.07) is 5.81. The molecule has 1 rings (SSSR count). The number of nitrogens with one attached hydrogen (secondary N) is 1. The number of sulfonamides is 1. The molecule has 0 aliphatic rings. The molecule has 0 heterocycles. The van der Waals surface area contributed by atoms with Crippen LogP contribution in [-0.2, 0) is 14.8 Å². The van der Waals surface area contributed by atoms with Crippen molar-refractivity contribution in [1.29, 1.82) is 0 Å². The molecule has 4 nitrogen and oxygen atoms in total. The summed E-state index contributed by atoms with van der Waals surface area (Å²) in [5, 5.41) is 0.0485. The van der Waals surface area contributed by atoms with Crippen LogP contribution in [0.3, 0.4) is 0 Å². The molecule has 0 aliphatic carbocycles. The molecule has 0 radical (unpaired) electrons. The first kappa shape index (κ1) is 12.3. The molecule has 0 fully saturated rings. The quantitative estimate of drug-likeness (QED) is 0.842. The zero-order chi connectivity index (χ0) is 11.5. The van der Waals surface area contributed by atoms with Crippen molar-refractivity contribution in [2.75, 3.05) is 5.88 Å². The van der Waals surface area contributed by atoms with E-state index in [-0.39, 0.29) is 9.92 Å². The molecule has 15 heavy (non-hydrogen) atoms. The molecular weight excluding hydrogens is 261 g/mol. The second-order valence-corrected chi connectivity index (χ2v) is 4.92. The first-order chi connectivity index (χ1) is 6.97. The summed E-state index contributed by atoms with van der Waals surface area (Å²) >= 11 is 10.8. The van der Waals surface area contributed by atoms with E-state index in [1.807, 2.05) is 0 Å². The van der Waals surface area contributed by atoms with Gasteiger partial charge in [0.2, 0.25) is 5.91 Å². The van der Waals surface area contributed by atoms with Gasteiger partial charge in [-0.2, -0.15) is 0 Å². The molecule has 0 spiro atoms. The smallest absolute Gasteiger partial charge is 0.265 e. The van der Waals surface area contributed by atoms with Crippen LogP contribution in [-0.4, -0.2) is 20.2 Å². The molecule has 0 aliphatic heterocycles. The second-order valence-electron chi connectivity index (χ2n) is 2.59. The van der Waals surface area contributed by atoms with Gasteiger partial charge in [-0.05, 0) is 12.1 Å².